The summed E-state index contributed by atoms with van der Waals surface area (Å²) in [6.45, 7) is 1.99. The predicted molar refractivity (Wildman–Crippen MR) is 112 cm³/mol. The number of rotatable bonds is 3. The minimum absolute atomic E-state index is 0.0634. The highest BCUT2D eigenvalue weighted by Gasteiger charge is 2.34. The third kappa shape index (κ3) is 3.16. The van der Waals surface area contributed by atoms with Crippen LogP contribution in [0.15, 0.2) is 36.4 Å². The Morgan fingerprint density at radius 3 is 2.60 bits per heavy atom. The smallest absolute Gasteiger partial charge is 0.227 e. The molecule has 0 radical (unpaired) electrons. The molecule has 0 saturated heterocycles. The standard InChI is InChI=1S/C24H25NO5/c1-27-17-4-5-18(21(13-17)28-2)16-10-20-19-14-23-22(29-8-3-9-30-23)11-15(19)6-7-25(20)24(26)12-16/h4-5,10-11,13-14,16H,3,6-9,12H2,1-2H3/t16-/m0/s1. The fraction of sp³-hybridized carbons (Fsp3) is 0.375. The molecule has 1 amide bonds. The molecule has 1 atom stereocenters. The molecule has 0 aromatic heterocycles. The van der Waals surface area contributed by atoms with Gasteiger partial charge in [0, 0.05) is 48.2 Å². The molecule has 0 unspecified atom stereocenters. The molecule has 6 heteroatoms. The maximum Gasteiger partial charge on any atom is 0.227 e. The topological polar surface area (TPSA) is 57.2 Å². The Balaban J connectivity index is 1.59. The van der Waals surface area contributed by atoms with Crippen LogP contribution >= 0.6 is 0 Å². The second-order valence-electron chi connectivity index (χ2n) is 7.77. The molecule has 30 heavy (non-hydrogen) atoms. The van der Waals surface area contributed by atoms with Crippen LogP contribution in [0.25, 0.3) is 5.70 Å². The summed E-state index contributed by atoms with van der Waals surface area (Å²) >= 11 is 0. The maximum absolute atomic E-state index is 13.1. The number of carbonyl (C=O) groups is 1. The highest BCUT2D eigenvalue weighted by molar-refractivity contribution is 5.92. The van der Waals surface area contributed by atoms with Gasteiger partial charge in [0.1, 0.15) is 11.5 Å². The van der Waals surface area contributed by atoms with Crippen LogP contribution in [0.1, 0.15) is 35.4 Å². The Bertz CT molecular complexity index is 1030. The molecule has 0 N–H and O–H groups in total. The summed E-state index contributed by atoms with van der Waals surface area (Å²) in [5, 5.41) is 0. The van der Waals surface area contributed by atoms with Crippen molar-refractivity contribution in [1.82, 2.24) is 4.90 Å². The first kappa shape index (κ1) is 18.9. The van der Waals surface area contributed by atoms with Crippen LogP contribution in [0.3, 0.4) is 0 Å². The van der Waals surface area contributed by atoms with Crippen molar-refractivity contribution in [3.05, 3.63) is 53.1 Å². The molecular formula is C24H25NO5. The van der Waals surface area contributed by atoms with E-state index >= 15 is 0 Å². The molecular weight excluding hydrogens is 382 g/mol. The van der Waals surface area contributed by atoms with Crippen molar-refractivity contribution in [1.29, 1.82) is 0 Å². The Hall–Kier alpha value is -3.15. The summed E-state index contributed by atoms with van der Waals surface area (Å²) in [7, 11) is 3.27. The minimum Gasteiger partial charge on any atom is -0.497 e. The van der Waals surface area contributed by atoms with Gasteiger partial charge in [0.05, 0.1) is 27.4 Å². The fourth-order valence-corrected chi connectivity index (χ4v) is 4.51. The van der Waals surface area contributed by atoms with Crippen LogP contribution in [0, 0.1) is 0 Å². The van der Waals surface area contributed by atoms with Crippen molar-refractivity contribution < 1.29 is 23.7 Å². The molecule has 0 bridgehead atoms. The van der Waals surface area contributed by atoms with E-state index in [1.54, 1.807) is 14.2 Å². The van der Waals surface area contributed by atoms with Crippen LogP contribution in [0.5, 0.6) is 23.0 Å². The van der Waals surface area contributed by atoms with Gasteiger partial charge < -0.3 is 23.8 Å². The molecule has 2 aromatic rings. The Morgan fingerprint density at radius 2 is 1.83 bits per heavy atom. The number of hydrogen-bond acceptors (Lipinski definition) is 5. The van der Waals surface area contributed by atoms with Crippen molar-refractivity contribution in [3.8, 4) is 23.0 Å². The molecule has 3 aliphatic heterocycles. The molecule has 3 heterocycles. The summed E-state index contributed by atoms with van der Waals surface area (Å²) in [4.78, 5) is 15.0. The molecule has 0 saturated carbocycles. The van der Waals surface area contributed by atoms with E-state index in [2.05, 4.69) is 12.1 Å². The fourth-order valence-electron chi connectivity index (χ4n) is 4.51. The Labute approximate surface area is 176 Å². The summed E-state index contributed by atoms with van der Waals surface area (Å²) in [6.07, 6.45) is 4.29. The maximum atomic E-state index is 13.1. The normalized spacial score (nSPS) is 19.9. The molecule has 6 nitrogen and oxygen atoms in total. The third-order valence-corrected chi connectivity index (χ3v) is 6.04. The number of carbonyl (C=O) groups excluding carboxylic acids is 1. The number of hydrogen-bond donors (Lipinski definition) is 0. The van der Waals surface area contributed by atoms with Crippen LogP contribution < -0.4 is 18.9 Å². The first-order valence-corrected chi connectivity index (χ1v) is 10.3. The van der Waals surface area contributed by atoms with Gasteiger partial charge in [-0.15, -0.1) is 0 Å². The lowest BCUT2D eigenvalue weighted by Crippen LogP contribution is -2.38. The summed E-state index contributed by atoms with van der Waals surface area (Å²) in [5.41, 5.74) is 4.18. The van der Waals surface area contributed by atoms with Crippen molar-refractivity contribution in [2.75, 3.05) is 34.0 Å². The molecule has 0 spiro atoms. The van der Waals surface area contributed by atoms with Gasteiger partial charge in [-0.2, -0.15) is 0 Å². The van der Waals surface area contributed by atoms with Gasteiger partial charge in [-0.05, 0) is 30.2 Å². The number of ether oxygens (including phenoxy) is 4. The second kappa shape index (κ2) is 7.59. The zero-order valence-corrected chi connectivity index (χ0v) is 17.3. The second-order valence-corrected chi connectivity index (χ2v) is 7.77. The average molecular weight is 407 g/mol. The molecule has 5 rings (SSSR count). The van der Waals surface area contributed by atoms with E-state index in [0.29, 0.717) is 26.2 Å². The lowest BCUT2D eigenvalue weighted by Gasteiger charge is -2.37. The van der Waals surface area contributed by atoms with Gasteiger partial charge in [-0.3, -0.25) is 4.79 Å². The molecule has 0 fully saturated rings. The number of fused-ring (bicyclic) bond motifs is 4. The monoisotopic (exact) mass is 407 g/mol. The van der Waals surface area contributed by atoms with E-state index in [1.807, 2.05) is 29.2 Å². The minimum atomic E-state index is -0.0634. The van der Waals surface area contributed by atoms with Crippen LogP contribution in [0.4, 0.5) is 0 Å². The van der Waals surface area contributed by atoms with Crippen molar-refractivity contribution in [3.63, 3.8) is 0 Å². The Kier molecular flexibility index (Phi) is 4.77. The van der Waals surface area contributed by atoms with Gasteiger partial charge in [0.25, 0.3) is 0 Å². The molecule has 0 aliphatic carbocycles. The van der Waals surface area contributed by atoms with Crippen LogP contribution in [0.2, 0.25) is 0 Å². The first-order valence-electron chi connectivity index (χ1n) is 10.3. The van der Waals surface area contributed by atoms with Crippen molar-refractivity contribution in [2.45, 2.75) is 25.2 Å². The third-order valence-electron chi connectivity index (χ3n) is 6.04. The summed E-state index contributed by atoms with van der Waals surface area (Å²) < 4.78 is 22.7. The number of amides is 1. The average Bonchev–Trinajstić information content (AvgIpc) is 3.01. The van der Waals surface area contributed by atoms with Crippen molar-refractivity contribution in [2.24, 2.45) is 0 Å². The van der Waals surface area contributed by atoms with Gasteiger partial charge in [-0.25, -0.2) is 0 Å². The van der Waals surface area contributed by atoms with E-state index in [-0.39, 0.29) is 11.8 Å². The van der Waals surface area contributed by atoms with Gasteiger partial charge in [0.15, 0.2) is 11.5 Å². The van der Waals surface area contributed by atoms with E-state index < -0.39 is 0 Å². The lowest BCUT2D eigenvalue weighted by molar-refractivity contribution is -0.128. The van der Waals surface area contributed by atoms with Gasteiger partial charge >= 0.3 is 0 Å². The van der Waals surface area contributed by atoms with Crippen molar-refractivity contribution >= 4 is 11.6 Å². The van der Waals surface area contributed by atoms with E-state index in [4.69, 9.17) is 18.9 Å². The quantitative estimate of drug-likeness (QED) is 0.775. The number of benzene rings is 2. The molecule has 2 aromatic carbocycles. The Morgan fingerprint density at radius 1 is 1.03 bits per heavy atom. The van der Waals surface area contributed by atoms with Gasteiger partial charge in [-0.1, -0.05) is 12.1 Å². The summed E-state index contributed by atoms with van der Waals surface area (Å²) in [5.74, 6) is 3.09. The van der Waals surface area contributed by atoms with Gasteiger partial charge in [0.2, 0.25) is 5.91 Å². The SMILES string of the molecule is COc1ccc([C@H]2C=C3c4cc5c(cc4CCN3C(=O)C2)OCCCO5)c(OC)c1. The van der Waals surface area contributed by atoms with E-state index in [9.17, 15) is 4.79 Å². The van der Waals surface area contributed by atoms with Crippen LogP contribution in [-0.2, 0) is 11.2 Å². The molecule has 156 valence electrons. The highest BCUT2D eigenvalue weighted by atomic mass is 16.5. The number of methoxy groups -OCH3 is 2. The lowest BCUT2D eigenvalue weighted by atomic mass is 9.85. The van der Waals surface area contributed by atoms with E-state index in [1.165, 1.54) is 5.56 Å². The predicted octanol–water partition coefficient (Wildman–Crippen LogP) is 3.78. The van der Waals surface area contributed by atoms with E-state index in [0.717, 1.165) is 52.7 Å². The summed E-state index contributed by atoms with van der Waals surface area (Å²) in [6, 6.07) is 9.88. The number of allylic oxidation sites excluding steroid dienone is 1. The molecule has 3 aliphatic rings. The highest BCUT2D eigenvalue weighted by Crippen LogP contribution is 2.44. The number of nitrogens with zero attached hydrogens (tertiary/aromatic N) is 1. The first-order chi connectivity index (χ1) is 14.7. The van der Waals surface area contributed by atoms with Crippen LogP contribution in [-0.4, -0.2) is 44.8 Å². The largest absolute Gasteiger partial charge is 0.497 e. The zero-order chi connectivity index (χ0) is 20.7. The zero-order valence-electron chi connectivity index (χ0n) is 17.3.